The van der Waals surface area contributed by atoms with Gasteiger partial charge in [-0.25, -0.2) is 9.37 Å². The van der Waals surface area contributed by atoms with Gasteiger partial charge in [0.05, 0.1) is 24.9 Å². The van der Waals surface area contributed by atoms with Crippen LogP contribution in [0.15, 0.2) is 59.7 Å². The molecule has 3 aromatic heterocycles. The van der Waals surface area contributed by atoms with Crippen molar-refractivity contribution in [2.75, 3.05) is 7.11 Å². The number of hydrogen-bond donors (Lipinski definition) is 0. The van der Waals surface area contributed by atoms with E-state index in [4.69, 9.17) is 4.74 Å². The highest BCUT2D eigenvalue weighted by atomic mass is 19.1. The van der Waals surface area contributed by atoms with Gasteiger partial charge in [-0.05, 0) is 42.3 Å². The monoisotopic (exact) mass is 416 g/mol. The molecule has 0 saturated heterocycles. The van der Waals surface area contributed by atoms with Crippen LogP contribution in [0.2, 0.25) is 0 Å². The predicted molar refractivity (Wildman–Crippen MR) is 113 cm³/mol. The molecule has 0 radical (unpaired) electrons. The Morgan fingerprint density at radius 1 is 1.00 bits per heavy atom. The molecule has 0 unspecified atom stereocenters. The molecular weight excluding hydrogens is 399 g/mol. The second-order valence-corrected chi connectivity index (χ2v) is 7.10. The van der Waals surface area contributed by atoms with Crippen molar-refractivity contribution >= 4 is 16.8 Å². The van der Waals surface area contributed by atoms with Gasteiger partial charge >= 0.3 is 0 Å². The van der Waals surface area contributed by atoms with E-state index < -0.39 is 0 Å². The van der Waals surface area contributed by atoms with Crippen LogP contribution in [0, 0.1) is 12.7 Å². The van der Waals surface area contributed by atoms with E-state index in [0.29, 0.717) is 23.5 Å². The largest absolute Gasteiger partial charge is 0.497 e. The maximum atomic E-state index is 13.3. The van der Waals surface area contributed by atoms with Crippen LogP contribution in [0.5, 0.6) is 5.75 Å². The van der Waals surface area contributed by atoms with E-state index in [0.717, 1.165) is 22.4 Å². The number of rotatable bonds is 4. The van der Waals surface area contributed by atoms with Crippen molar-refractivity contribution in [2.24, 2.45) is 0 Å². The van der Waals surface area contributed by atoms with Gasteiger partial charge in [-0.3, -0.25) is 9.36 Å². The summed E-state index contributed by atoms with van der Waals surface area (Å²) in [6.07, 6.45) is 1.48. The highest BCUT2D eigenvalue weighted by molar-refractivity contribution is 5.83. The van der Waals surface area contributed by atoms with Crippen molar-refractivity contribution in [2.45, 2.75) is 13.5 Å². The Balaban J connectivity index is 1.61. The van der Waals surface area contributed by atoms with E-state index in [1.807, 2.05) is 31.2 Å². The standard InChI is InChI=1S/C22H17FN6O2/c1-13-18(15-5-7-16(23)8-6-15)20-26-25-19-21(29(20)27-13)24-12-28(22(19)30)11-14-3-9-17(31-2)10-4-14/h3-10,12H,11H2,1-2H3. The minimum absolute atomic E-state index is 0.122. The Morgan fingerprint density at radius 3 is 2.45 bits per heavy atom. The van der Waals surface area contributed by atoms with Crippen molar-refractivity contribution in [1.29, 1.82) is 0 Å². The van der Waals surface area contributed by atoms with Crippen LogP contribution < -0.4 is 10.3 Å². The second kappa shape index (κ2) is 7.28. The molecule has 5 rings (SSSR count). The summed E-state index contributed by atoms with van der Waals surface area (Å²) in [5.74, 6) is 0.417. The first-order valence-electron chi connectivity index (χ1n) is 9.55. The number of halogens is 1. The van der Waals surface area contributed by atoms with Crippen LogP contribution in [0.3, 0.4) is 0 Å². The van der Waals surface area contributed by atoms with E-state index in [-0.39, 0.29) is 16.9 Å². The number of ether oxygens (including phenoxy) is 1. The van der Waals surface area contributed by atoms with Gasteiger partial charge in [0.2, 0.25) is 0 Å². The minimum atomic E-state index is -0.325. The summed E-state index contributed by atoms with van der Waals surface area (Å²) >= 11 is 0. The SMILES string of the molecule is COc1ccc(Cn2cnc3c(nnc4c(-c5ccc(F)cc5)c(C)nn43)c2=O)cc1. The molecule has 0 amide bonds. The third kappa shape index (κ3) is 3.20. The van der Waals surface area contributed by atoms with Gasteiger partial charge in [-0.1, -0.05) is 24.3 Å². The van der Waals surface area contributed by atoms with Crippen LogP contribution in [-0.2, 0) is 6.54 Å². The predicted octanol–water partition coefficient (Wildman–Crippen LogP) is 3.01. The molecule has 3 heterocycles. The summed E-state index contributed by atoms with van der Waals surface area (Å²) in [7, 11) is 1.60. The molecule has 154 valence electrons. The van der Waals surface area contributed by atoms with Crippen molar-refractivity contribution in [3.8, 4) is 16.9 Å². The van der Waals surface area contributed by atoms with Gasteiger partial charge in [0.1, 0.15) is 17.9 Å². The van der Waals surface area contributed by atoms with Crippen LogP contribution in [0.1, 0.15) is 11.3 Å². The Labute approximate surface area is 175 Å². The van der Waals surface area contributed by atoms with Crippen molar-refractivity contribution in [3.63, 3.8) is 0 Å². The number of hydrogen-bond acceptors (Lipinski definition) is 6. The molecule has 31 heavy (non-hydrogen) atoms. The summed E-state index contributed by atoms with van der Waals surface area (Å²) in [5.41, 5.74) is 3.66. The maximum Gasteiger partial charge on any atom is 0.283 e. The lowest BCUT2D eigenvalue weighted by molar-refractivity contribution is 0.414. The Bertz CT molecular complexity index is 1470. The molecule has 0 saturated carbocycles. The molecule has 0 atom stereocenters. The minimum Gasteiger partial charge on any atom is -0.497 e. The lowest BCUT2D eigenvalue weighted by Crippen LogP contribution is -2.23. The van der Waals surface area contributed by atoms with Gasteiger partial charge in [0.25, 0.3) is 5.56 Å². The van der Waals surface area contributed by atoms with Crippen LogP contribution in [-0.4, -0.2) is 36.5 Å². The van der Waals surface area contributed by atoms with Crippen molar-refractivity contribution in [3.05, 3.63) is 82.3 Å². The lowest BCUT2D eigenvalue weighted by atomic mass is 10.1. The van der Waals surface area contributed by atoms with Crippen LogP contribution >= 0.6 is 0 Å². The first-order valence-corrected chi connectivity index (χ1v) is 9.55. The van der Waals surface area contributed by atoms with Crippen LogP contribution in [0.25, 0.3) is 27.9 Å². The zero-order chi connectivity index (χ0) is 21.5. The number of fused-ring (bicyclic) bond motifs is 3. The molecule has 0 spiro atoms. The number of benzene rings is 2. The van der Waals surface area contributed by atoms with Gasteiger partial charge in [0.15, 0.2) is 16.8 Å². The number of aryl methyl sites for hydroxylation is 1. The fourth-order valence-corrected chi connectivity index (χ4v) is 3.56. The second-order valence-electron chi connectivity index (χ2n) is 7.10. The number of nitrogens with zero attached hydrogens (tertiary/aromatic N) is 6. The summed E-state index contributed by atoms with van der Waals surface area (Å²) < 4.78 is 21.5. The van der Waals surface area contributed by atoms with E-state index in [1.165, 1.54) is 27.5 Å². The third-order valence-corrected chi connectivity index (χ3v) is 5.12. The summed E-state index contributed by atoms with van der Waals surface area (Å²) in [6.45, 7) is 2.16. The average Bonchev–Trinajstić information content (AvgIpc) is 3.13. The maximum absolute atomic E-state index is 13.3. The quantitative estimate of drug-likeness (QED) is 0.448. The summed E-state index contributed by atoms with van der Waals surface area (Å²) in [6, 6.07) is 13.5. The molecule has 5 aromatic rings. The molecule has 9 heteroatoms. The normalized spacial score (nSPS) is 11.3. The van der Waals surface area contributed by atoms with Crippen molar-refractivity contribution < 1.29 is 9.13 Å². The highest BCUT2D eigenvalue weighted by Gasteiger charge is 2.18. The Morgan fingerprint density at radius 2 is 1.74 bits per heavy atom. The average molecular weight is 416 g/mol. The fourth-order valence-electron chi connectivity index (χ4n) is 3.56. The molecule has 0 fully saturated rings. The topological polar surface area (TPSA) is 87.2 Å². The van der Waals surface area contributed by atoms with Gasteiger partial charge in [-0.15, -0.1) is 10.2 Å². The van der Waals surface area contributed by atoms with Gasteiger partial charge in [-0.2, -0.15) is 9.61 Å². The molecule has 0 aliphatic carbocycles. The first-order chi connectivity index (χ1) is 15.0. The molecule has 0 aliphatic rings. The third-order valence-electron chi connectivity index (χ3n) is 5.12. The van der Waals surface area contributed by atoms with E-state index in [2.05, 4.69) is 20.3 Å². The summed E-state index contributed by atoms with van der Waals surface area (Å²) in [5, 5.41) is 12.9. The molecule has 8 nitrogen and oxygen atoms in total. The number of methoxy groups -OCH3 is 1. The fraction of sp³-hybridized carbons (Fsp3) is 0.136. The Hall–Kier alpha value is -4.14. The molecule has 0 aliphatic heterocycles. The van der Waals surface area contributed by atoms with Gasteiger partial charge < -0.3 is 4.74 Å². The van der Waals surface area contributed by atoms with E-state index >= 15 is 0 Å². The zero-order valence-electron chi connectivity index (χ0n) is 16.8. The van der Waals surface area contributed by atoms with Crippen LogP contribution in [0.4, 0.5) is 4.39 Å². The highest BCUT2D eigenvalue weighted by Crippen LogP contribution is 2.27. The first kappa shape index (κ1) is 18.9. The lowest BCUT2D eigenvalue weighted by Gasteiger charge is -2.07. The van der Waals surface area contributed by atoms with Crippen molar-refractivity contribution in [1.82, 2.24) is 29.4 Å². The Kier molecular flexibility index (Phi) is 4.43. The van der Waals surface area contributed by atoms with E-state index in [1.54, 1.807) is 19.2 Å². The summed E-state index contributed by atoms with van der Waals surface area (Å²) in [4.78, 5) is 17.5. The van der Waals surface area contributed by atoms with E-state index in [9.17, 15) is 9.18 Å². The molecule has 0 bridgehead atoms. The molecular formula is C22H17FN6O2. The molecule has 2 aromatic carbocycles. The smallest absolute Gasteiger partial charge is 0.283 e. The van der Waals surface area contributed by atoms with Gasteiger partial charge in [0, 0.05) is 0 Å². The number of aromatic nitrogens is 6. The zero-order valence-corrected chi connectivity index (χ0v) is 16.8. The molecule has 0 N–H and O–H groups in total.